The van der Waals surface area contributed by atoms with Gasteiger partial charge in [0.15, 0.2) is 17.5 Å². The molecular weight excluding hydrogens is 426 g/mol. The Morgan fingerprint density at radius 1 is 1.06 bits per heavy atom. The predicted molar refractivity (Wildman–Crippen MR) is 113 cm³/mol. The van der Waals surface area contributed by atoms with Gasteiger partial charge in [-0.05, 0) is 29.2 Å². The van der Waals surface area contributed by atoms with Gasteiger partial charge in [-0.2, -0.15) is 0 Å². The molecule has 10 heteroatoms. The van der Waals surface area contributed by atoms with Crippen molar-refractivity contribution >= 4 is 15.7 Å². The van der Waals surface area contributed by atoms with Crippen LogP contribution in [-0.4, -0.2) is 34.9 Å². The number of benzene rings is 2. The van der Waals surface area contributed by atoms with Crippen LogP contribution in [0.3, 0.4) is 0 Å². The van der Waals surface area contributed by atoms with E-state index in [4.69, 9.17) is 5.11 Å². The summed E-state index contributed by atoms with van der Waals surface area (Å²) in [6.45, 7) is 5.85. The molecule has 1 aromatic heterocycles. The quantitative estimate of drug-likeness (QED) is 0.600. The molecule has 3 rings (SSSR count). The van der Waals surface area contributed by atoms with Crippen LogP contribution >= 0.6 is 0 Å². The Bertz CT molecular complexity index is 1200. The highest BCUT2D eigenvalue weighted by Gasteiger charge is 2.23. The standard InChI is InChI=1S/C21H24F2N4O3S/c1-21(2,3)13-5-7-14(8-6-13)31(29,30)26-18-12-17(23)16(22)11-15(18)20-25-24-19(9-10-28)27(20)4/h5-8,11-12,26,28H,9-10H2,1-4H3. The largest absolute Gasteiger partial charge is 0.396 e. The van der Waals surface area contributed by atoms with Crippen molar-refractivity contribution < 1.29 is 22.3 Å². The van der Waals surface area contributed by atoms with Crippen molar-refractivity contribution in [2.24, 2.45) is 7.05 Å². The monoisotopic (exact) mass is 450 g/mol. The van der Waals surface area contributed by atoms with E-state index >= 15 is 0 Å². The maximum Gasteiger partial charge on any atom is 0.261 e. The van der Waals surface area contributed by atoms with Gasteiger partial charge in [0.1, 0.15) is 5.82 Å². The lowest BCUT2D eigenvalue weighted by molar-refractivity contribution is 0.295. The number of hydrogen-bond donors (Lipinski definition) is 2. The Morgan fingerprint density at radius 2 is 1.68 bits per heavy atom. The van der Waals surface area contributed by atoms with Crippen LogP contribution in [0.1, 0.15) is 32.2 Å². The smallest absolute Gasteiger partial charge is 0.261 e. The Labute approximate surface area is 179 Å². The Hall–Kier alpha value is -2.85. The highest BCUT2D eigenvalue weighted by molar-refractivity contribution is 7.92. The number of nitrogens with one attached hydrogen (secondary N) is 1. The fourth-order valence-corrected chi connectivity index (χ4v) is 4.14. The number of nitrogens with zero attached hydrogens (tertiary/aromatic N) is 3. The van der Waals surface area contributed by atoms with Crippen LogP contribution in [0.2, 0.25) is 0 Å². The molecule has 0 atom stereocenters. The van der Waals surface area contributed by atoms with Crippen LogP contribution in [0, 0.1) is 11.6 Å². The highest BCUT2D eigenvalue weighted by Crippen LogP contribution is 2.31. The maximum atomic E-state index is 14.0. The second-order valence-electron chi connectivity index (χ2n) is 8.16. The van der Waals surface area contributed by atoms with Gasteiger partial charge in [-0.25, -0.2) is 17.2 Å². The van der Waals surface area contributed by atoms with Gasteiger partial charge in [0.25, 0.3) is 10.0 Å². The molecule has 0 amide bonds. The molecule has 2 aromatic carbocycles. The first-order chi connectivity index (χ1) is 14.4. The third-order valence-corrected chi connectivity index (χ3v) is 6.26. The molecule has 0 saturated heterocycles. The van der Waals surface area contributed by atoms with E-state index in [2.05, 4.69) is 14.9 Å². The Kier molecular flexibility index (Phi) is 6.15. The number of aliphatic hydroxyl groups is 1. The first-order valence-electron chi connectivity index (χ1n) is 9.56. The number of sulfonamides is 1. The second kappa shape index (κ2) is 8.35. The van der Waals surface area contributed by atoms with Gasteiger partial charge in [-0.15, -0.1) is 10.2 Å². The van der Waals surface area contributed by atoms with E-state index in [1.54, 1.807) is 19.2 Å². The number of halogens is 2. The number of aliphatic hydroxyl groups excluding tert-OH is 1. The maximum absolute atomic E-state index is 14.0. The molecule has 2 N–H and O–H groups in total. The fraction of sp³-hybridized carbons (Fsp3) is 0.333. The molecule has 1 heterocycles. The van der Waals surface area contributed by atoms with Crippen molar-refractivity contribution in [3.63, 3.8) is 0 Å². The van der Waals surface area contributed by atoms with Crippen molar-refractivity contribution in [3.8, 4) is 11.4 Å². The number of anilines is 1. The van der Waals surface area contributed by atoms with Gasteiger partial charge in [-0.1, -0.05) is 32.9 Å². The zero-order chi connectivity index (χ0) is 23.0. The van der Waals surface area contributed by atoms with E-state index in [0.29, 0.717) is 5.82 Å². The molecule has 0 bridgehead atoms. The normalized spacial score (nSPS) is 12.2. The van der Waals surface area contributed by atoms with Gasteiger partial charge in [0.2, 0.25) is 0 Å². The van der Waals surface area contributed by atoms with E-state index in [1.807, 2.05) is 20.8 Å². The summed E-state index contributed by atoms with van der Waals surface area (Å²) in [5.41, 5.74) is 0.647. The lowest BCUT2D eigenvalue weighted by Gasteiger charge is -2.19. The van der Waals surface area contributed by atoms with Crippen LogP contribution in [0.5, 0.6) is 0 Å². The Balaban J connectivity index is 2.04. The summed E-state index contributed by atoms with van der Waals surface area (Å²) in [5, 5.41) is 17.0. The average molecular weight is 451 g/mol. The molecule has 0 aliphatic heterocycles. The number of aromatic nitrogens is 3. The minimum Gasteiger partial charge on any atom is -0.396 e. The van der Waals surface area contributed by atoms with Crippen molar-refractivity contribution in [1.82, 2.24) is 14.8 Å². The third kappa shape index (κ3) is 4.75. The molecule has 3 aromatic rings. The van der Waals surface area contributed by atoms with Gasteiger partial charge < -0.3 is 9.67 Å². The summed E-state index contributed by atoms with van der Waals surface area (Å²) in [7, 11) is -2.50. The van der Waals surface area contributed by atoms with E-state index in [1.165, 1.54) is 16.7 Å². The fourth-order valence-electron chi connectivity index (χ4n) is 3.07. The highest BCUT2D eigenvalue weighted by atomic mass is 32.2. The van der Waals surface area contributed by atoms with E-state index < -0.39 is 21.7 Å². The summed E-state index contributed by atoms with van der Waals surface area (Å²) in [5.74, 6) is -1.82. The van der Waals surface area contributed by atoms with Crippen molar-refractivity contribution in [3.05, 3.63) is 59.4 Å². The molecule has 0 fully saturated rings. The third-order valence-electron chi connectivity index (χ3n) is 4.88. The lowest BCUT2D eigenvalue weighted by atomic mass is 9.87. The van der Waals surface area contributed by atoms with Crippen LogP contribution < -0.4 is 4.72 Å². The molecule has 0 radical (unpaired) electrons. The molecule has 0 aliphatic carbocycles. The molecule has 0 aliphatic rings. The summed E-state index contributed by atoms with van der Waals surface area (Å²) >= 11 is 0. The van der Waals surface area contributed by atoms with Crippen LogP contribution in [0.15, 0.2) is 41.3 Å². The van der Waals surface area contributed by atoms with E-state index in [9.17, 15) is 17.2 Å². The molecule has 0 saturated carbocycles. The zero-order valence-corrected chi connectivity index (χ0v) is 18.5. The van der Waals surface area contributed by atoms with Crippen molar-refractivity contribution in [2.45, 2.75) is 37.5 Å². The molecule has 166 valence electrons. The minimum absolute atomic E-state index is 0.0184. The molecule has 0 spiro atoms. The van der Waals surface area contributed by atoms with Gasteiger partial charge in [0.05, 0.1) is 17.2 Å². The van der Waals surface area contributed by atoms with Crippen LogP contribution in [-0.2, 0) is 28.9 Å². The molecule has 0 unspecified atom stereocenters. The first-order valence-corrected chi connectivity index (χ1v) is 11.0. The van der Waals surface area contributed by atoms with E-state index in [-0.39, 0.29) is 40.4 Å². The molecule has 7 nitrogen and oxygen atoms in total. The summed E-state index contributed by atoms with van der Waals surface area (Å²) in [4.78, 5) is -0.0184. The van der Waals surface area contributed by atoms with Crippen LogP contribution in [0.25, 0.3) is 11.4 Å². The van der Waals surface area contributed by atoms with Crippen LogP contribution in [0.4, 0.5) is 14.5 Å². The number of rotatable bonds is 6. The minimum atomic E-state index is -4.09. The van der Waals surface area contributed by atoms with Gasteiger partial charge >= 0.3 is 0 Å². The average Bonchev–Trinajstić information content (AvgIpc) is 3.04. The first kappa shape index (κ1) is 22.8. The lowest BCUT2D eigenvalue weighted by Crippen LogP contribution is -2.16. The second-order valence-corrected chi connectivity index (χ2v) is 9.85. The SMILES string of the molecule is Cn1c(CCO)nnc1-c1cc(F)c(F)cc1NS(=O)(=O)c1ccc(C(C)(C)C)cc1. The van der Waals surface area contributed by atoms with E-state index in [0.717, 1.165) is 17.7 Å². The summed E-state index contributed by atoms with van der Waals surface area (Å²) in [6.07, 6.45) is 0.203. The number of hydrogen-bond acceptors (Lipinski definition) is 5. The topological polar surface area (TPSA) is 97.1 Å². The molecule has 31 heavy (non-hydrogen) atoms. The summed E-state index contributed by atoms with van der Waals surface area (Å²) < 4.78 is 57.7. The van der Waals surface area contributed by atoms with Gasteiger partial charge in [0, 0.05) is 25.1 Å². The summed E-state index contributed by atoms with van der Waals surface area (Å²) in [6, 6.07) is 7.98. The zero-order valence-electron chi connectivity index (χ0n) is 17.6. The Morgan fingerprint density at radius 3 is 2.26 bits per heavy atom. The van der Waals surface area contributed by atoms with Crippen molar-refractivity contribution in [2.75, 3.05) is 11.3 Å². The van der Waals surface area contributed by atoms with Crippen molar-refractivity contribution in [1.29, 1.82) is 0 Å². The molecular formula is C21H24F2N4O3S. The predicted octanol–water partition coefficient (Wildman–Crippen LogP) is 3.39. The van der Waals surface area contributed by atoms with Gasteiger partial charge in [-0.3, -0.25) is 4.72 Å².